The standard InChI is InChI=1S/C35H68N2O16.C28H57NO12.C24H51N3O12.C7H13NO5.ClH/c1-34(2,3)52-32(39)8-7-10-41-12-14-43-16-18-45-20-22-47-24-26-49-28-29-50-27-25-48-23-21-46-19-17-44-15-13-42-11-9-36-31(38)30-51-37-33(40)53-35(4,5)6;1-28(2,3)41-27(30)5-4-7-31-9-11-33-13-15-35-17-19-37-21-23-39-25-26-40-24-22-38-20-18-36-16-14-34-12-10-32-8-6-29;25-1-3-29-5-7-31-9-11-33-13-15-35-17-19-37-21-22-38-20-18-36-16-14-34-12-10-32-8-6-30-4-2-27-24(28)23-39-26;1-7(2,3)13-6(11)8-12-4-5(9)10;/h7-30H2,1-6H3,(H,36,38)(H,37,40);4-26,29H2,1-3H3;1-23,25-26H2,(H,27,28);4H2,1-3H3,(H,8,11)(H,9,10);1H. The van der Waals surface area contributed by atoms with Gasteiger partial charge >= 0.3 is 30.1 Å². The number of halogens is 1. The number of ether oxygens (including phenoxy) is 34. The summed E-state index contributed by atoms with van der Waals surface area (Å²) >= 11 is 0. The third kappa shape index (κ3) is 149. The van der Waals surface area contributed by atoms with Gasteiger partial charge in [0.2, 0.25) is 11.8 Å². The lowest BCUT2D eigenvalue weighted by Gasteiger charge is -2.19. The number of amides is 4. The Balaban J connectivity index is -0.000000649. The molecule has 878 valence electrons. The normalized spacial score (nSPS) is 11.5. The maximum atomic E-state index is 11.6. The number of carbonyl (C=O) groups excluding carboxylic acids is 6. The summed E-state index contributed by atoms with van der Waals surface area (Å²) < 4.78 is 183. The van der Waals surface area contributed by atoms with Crippen LogP contribution in [0.5, 0.6) is 0 Å². The molecule has 0 fully saturated rings. The zero-order valence-electron chi connectivity index (χ0n) is 90.3. The van der Waals surface area contributed by atoms with E-state index in [0.29, 0.717) is 448 Å². The summed E-state index contributed by atoms with van der Waals surface area (Å²) in [6.07, 6.45) is 0.379. The second kappa shape index (κ2) is 119. The highest BCUT2D eigenvalue weighted by atomic mass is 35.5. The molecule has 0 unspecified atom stereocenters. The van der Waals surface area contributed by atoms with Crippen LogP contribution >= 0.6 is 12.4 Å². The van der Waals surface area contributed by atoms with Gasteiger partial charge in [0.15, 0.2) is 13.2 Å². The van der Waals surface area contributed by atoms with Crippen molar-refractivity contribution in [1.29, 1.82) is 0 Å². The van der Waals surface area contributed by atoms with Gasteiger partial charge in [-0.15, -0.1) is 12.4 Å². The maximum absolute atomic E-state index is 11.6. The van der Waals surface area contributed by atoms with Crippen molar-refractivity contribution in [3.8, 4) is 0 Å². The van der Waals surface area contributed by atoms with Gasteiger partial charge in [-0.25, -0.2) is 20.3 Å². The van der Waals surface area contributed by atoms with E-state index in [1.807, 2.05) is 52.5 Å². The first-order valence-corrected chi connectivity index (χ1v) is 49.9. The smallest absolute Gasteiger partial charge is 0.431 e. The molecule has 0 heterocycles. The fourth-order valence-electron chi connectivity index (χ4n) is 9.45. The van der Waals surface area contributed by atoms with Gasteiger partial charge in [-0.3, -0.25) is 33.7 Å². The zero-order valence-corrected chi connectivity index (χ0v) is 91.1. The molecule has 0 aliphatic rings. The minimum Gasteiger partial charge on any atom is -0.479 e. The molecule has 0 saturated heterocycles. The minimum absolute atomic E-state index is 0. The van der Waals surface area contributed by atoms with Crippen LogP contribution in [0.25, 0.3) is 0 Å². The van der Waals surface area contributed by atoms with Crippen LogP contribution in [0.4, 0.5) is 9.59 Å². The predicted molar refractivity (Wildman–Crippen MR) is 535 cm³/mol. The van der Waals surface area contributed by atoms with Gasteiger partial charge in [-0.05, 0) is 95.9 Å². The van der Waals surface area contributed by atoms with Crippen LogP contribution in [0.1, 0.15) is 109 Å². The van der Waals surface area contributed by atoms with Crippen LogP contribution in [-0.2, 0) is 200 Å². The Morgan fingerprint density at radius 3 is 0.537 bits per heavy atom. The Morgan fingerprint density at radius 1 is 0.218 bits per heavy atom. The predicted octanol–water partition coefficient (Wildman–Crippen LogP) is 2.15. The van der Waals surface area contributed by atoms with Crippen LogP contribution in [0.15, 0.2) is 0 Å². The highest BCUT2D eigenvalue weighted by Crippen LogP contribution is 2.12. The Labute approximate surface area is 877 Å². The lowest BCUT2D eigenvalue weighted by molar-refractivity contribution is -0.156. The number of carboxylic acids is 1. The van der Waals surface area contributed by atoms with Gasteiger partial charge in [-0.2, -0.15) is 11.0 Å². The van der Waals surface area contributed by atoms with Crippen LogP contribution in [0, 0.1) is 0 Å². The SMILES string of the molecule is CC(C)(C)OC(=O)CCCOCCOCCOCCOCCOCCOCCOCCOCCOCCOCCN.CC(C)(C)OC(=O)CCCOCCOCCOCCOCCOCCOCCOCCOCCOCCOCCNC(=O)CONC(=O)OC(C)(C)C.CC(C)(C)OC(=O)NOCC(=O)O.Cl.NCCOCCOCCOCCOCCOCCOCCOCCOCCOCCOCCNC(=O)CON. The van der Waals surface area contributed by atoms with Crippen LogP contribution in [0.3, 0.4) is 0 Å². The molecule has 0 atom stereocenters. The molecule has 0 aliphatic heterocycles. The van der Waals surface area contributed by atoms with E-state index in [2.05, 4.69) is 20.3 Å². The number of carboxylic acid groups (broad SMARTS) is 1. The number of hydrogen-bond donors (Lipinski definition) is 8. The quantitative estimate of drug-likeness (QED) is 0.0187. The van der Waals surface area contributed by atoms with Gasteiger partial charge in [0.05, 0.1) is 383 Å². The van der Waals surface area contributed by atoms with Crippen LogP contribution in [-0.4, -0.2) is 512 Å². The molecule has 0 aromatic rings. The van der Waals surface area contributed by atoms with Gasteiger partial charge in [-0.1, -0.05) is 0 Å². The summed E-state index contributed by atoms with van der Waals surface area (Å²) in [6.45, 7) is 51.1. The maximum Gasteiger partial charge on any atom is 0.431 e. The molecule has 0 spiro atoms. The number of hydrogen-bond acceptors (Lipinski definition) is 47. The van der Waals surface area contributed by atoms with Crippen LogP contribution in [0.2, 0.25) is 0 Å². The molecule has 4 amide bonds. The van der Waals surface area contributed by atoms with E-state index in [1.54, 1.807) is 41.5 Å². The van der Waals surface area contributed by atoms with E-state index in [4.69, 9.17) is 188 Å². The van der Waals surface area contributed by atoms with Crippen molar-refractivity contribution in [3.05, 3.63) is 0 Å². The number of nitrogens with two attached hydrogens (primary N) is 3. The molecule has 52 nitrogen and oxygen atoms in total. The summed E-state index contributed by atoms with van der Waals surface area (Å²) in [5, 5.41) is 13.3. The molecule has 0 saturated carbocycles. The van der Waals surface area contributed by atoms with Crippen molar-refractivity contribution in [2.75, 3.05) is 442 Å². The van der Waals surface area contributed by atoms with Crippen molar-refractivity contribution >= 4 is 54.3 Å². The topological polar surface area (TPSA) is 607 Å². The zero-order chi connectivity index (χ0) is 108. The Hall–Kier alpha value is -5.26. The average Bonchev–Trinajstić information content (AvgIpc) is 0.873. The third-order valence-electron chi connectivity index (χ3n) is 15.6. The van der Waals surface area contributed by atoms with Crippen molar-refractivity contribution in [1.82, 2.24) is 21.6 Å². The molecule has 0 aromatic carbocycles. The average molecular weight is 2170 g/mol. The molecular formula is C94H190ClN7O45. The summed E-state index contributed by atoms with van der Waals surface area (Å²) in [4.78, 5) is 91.3. The summed E-state index contributed by atoms with van der Waals surface area (Å²) in [5.74, 6) is 2.53. The van der Waals surface area contributed by atoms with E-state index in [-0.39, 0.29) is 43.5 Å². The second-order valence-corrected chi connectivity index (χ2v) is 33.5. The van der Waals surface area contributed by atoms with E-state index >= 15 is 0 Å². The Morgan fingerprint density at radius 2 is 0.374 bits per heavy atom. The first-order chi connectivity index (χ1) is 70.5. The molecule has 0 aliphatic carbocycles. The van der Waals surface area contributed by atoms with Gasteiger partial charge in [0.25, 0.3) is 0 Å². The summed E-state index contributed by atoms with van der Waals surface area (Å²) in [6, 6.07) is 0. The molecule has 0 rings (SSSR count). The monoisotopic (exact) mass is 2170 g/mol. The summed E-state index contributed by atoms with van der Waals surface area (Å²) in [5.41, 5.74) is 12.3. The molecule has 0 bridgehead atoms. The molecule has 0 aromatic heterocycles. The number of carbonyl (C=O) groups is 7. The largest absolute Gasteiger partial charge is 0.479 e. The number of aliphatic carboxylic acids is 1. The molecule has 0 radical (unpaired) electrons. The number of esters is 2. The van der Waals surface area contributed by atoms with Crippen molar-refractivity contribution < 1.29 is 214 Å². The molecule has 147 heavy (non-hydrogen) atoms. The van der Waals surface area contributed by atoms with E-state index in [0.717, 1.165) is 0 Å². The lowest BCUT2D eigenvalue weighted by atomic mass is 10.2. The number of hydroxylamine groups is 2. The molecular weight excluding hydrogens is 1980 g/mol. The van der Waals surface area contributed by atoms with Crippen molar-refractivity contribution in [3.63, 3.8) is 0 Å². The van der Waals surface area contributed by atoms with Crippen molar-refractivity contribution in [2.24, 2.45) is 17.4 Å². The Kier molecular flexibility index (Phi) is 122. The van der Waals surface area contributed by atoms with Gasteiger partial charge in [0.1, 0.15) is 29.0 Å². The van der Waals surface area contributed by atoms with Crippen molar-refractivity contribution in [2.45, 2.75) is 131 Å². The molecule has 53 heteroatoms. The Bertz CT molecular complexity index is 2770. The highest BCUT2D eigenvalue weighted by molar-refractivity contribution is 5.85. The second-order valence-electron chi connectivity index (χ2n) is 33.5. The molecule has 11 N–H and O–H groups in total. The highest BCUT2D eigenvalue weighted by Gasteiger charge is 2.20. The first-order valence-electron chi connectivity index (χ1n) is 49.9. The fraction of sp³-hybridized carbons (Fsp3) is 0.926. The van der Waals surface area contributed by atoms with E-state index in [9.17, 15) is 33.6 Å². The number of nitrogens with one attached hydrogen (secondary N) is 4. The minimum atomic E-state index is -1.17. The van der Waals surface area contributed by atoms with E-state index in [1.165, 1.54) is 0 Å². The van der Waals surface area contributed by atoms with Crippen LogP contribution < -0.4 is 39.0 Å². The van der Waals surface area contributed by atoms with Gasteiger partial charge < -0.3 is 188 Å². The van der Waals surface area contributed by atoms with E-state index < -0.39 is 53.1 Å². The lowest BCUT2D eigenvalue weighted by Crippen LogP contribution is -2.37. The first kappa shape index (κ1) is 150. The fourth-order valence-corrected chi connectivity index (χ4v) is 9.45. The van der Waals surface area contributed by atoms with Gasteiger partial charge in [0, 0.05) is 52.2 Å². The third-order valence-corrected chi connectivity index (χ3v) is 15.6. The number of rotatable bonds is 107. The summed E-state index contributed by atoms with van der Waals surface area (Å²) in [7, 11) is 0.